The van der Waals surface area contributed by atoms with Gasteiger partial charge < -0.3 is 9.32 Å². The highest BCUT2D eigenvalue weighted by molar-refractivity contribution is 9.10. The van der Waals surface area contributed by atoms with Gasteiger partial charge in [-0.3, -0.25) is 14.4 Å². The zero-order chi connectivity index (χ0) is 15.5. The monoisotopic (exact) mass is 366 g/mol. The number of nitrogens with zero attached hydrogens (tertiary/aromatic N) is 4. The number of hydrogen-bond donors (Lipinski definition) is 0. The van der Waals surface area contributed by atoms with Crippen LogP contribution in [0.1, 0.15) is 18.7 Å². The van der Waals surface area contributed by atoms with Crippen molar-refractivity contribution in [1.29, 1.82) is 0 Å². The predicted octanol–water partition coefficient (Wildman–Crippen LogP) is 2.14. The Labute approximate surface area is 137 Å². The molecule has 1 unspecified atom stereocenters. The number of rotatable bonds is 4. The number of furan rings is 1. The van der Waals surface area contributed by atoms with Crippen molar-refractivity contribution in [3.63, 3.8) is 0 Å². The van der Waals surface area contributed by atoms with Crippen LogP contribution in [0, 0.1) is 0 Å². The number of halogens is 1. The zero-order valence-corrected chi connectivity index (χ0v) is 14.1. The van der Waals surface area contributed by atoms with Crippen LogP contribution in [0.5, 0.6) is 0 Å². The summed E-state index contributed by atoms with van der Waals surface area (Å²) in [4.78, 5) is 16.8. The first-order chi connectivity index (χ1) is 10.6. The number of carbonyl (C=O) groups excluding carboxylic acids is 1. The molecule has 1 fully saturated rings. The van der Waals surface area contributed by atoms with E-state index in [1.54, 1.807) is 17.1 Å². The molecule has 0 saturated carbocycles. The second-order valence-electron chi connectivity index (χ2n) is 5.50. The summed E-state index contributed by atoms with van der Waals surface area (Å²) in [7, 11) is 0. The van der Waals surface area contributed by atoms with Crippen LogP contribution in [-0.4, -0.2) is 51.7 Å². The van der Waals surface area contributed by atoms with Crippen LogP contribution >= 0.6 is 15.9 Å². The van der Waals surface area contributed by atoms with E-state index >= 15 is 0 Å². The van der Waals surface area contributed by atoms with Crippen LogP contribution in [0.4, 0.5) is 0 Å². The molecule has 118 valence electrons. The summed E-state index contributed by atoms with van der Waals surface area (Å²) in [6, 6.07) is 3.61. The van der Waals surface area contributed by atoms with Crippen LogP contribution in [-0.2, 0) is 11.3 Å². The fraction of sp³-hybridized carbons (Fsp3) is 0.467. The first-order valence-corrected chi connectivity index (χ1v) is 8.16. The van der Waals surface area contributed by atoms with Gasteiger partial charge in [0, 0.05) is 32.4 Å². The quantitative estimate of drug-likeness (QED) is 0.831. The van der Waals surface area contributed by atoms with Crippen molar-refractivity contribution in [3.8, 4) is 0 Å². The number of piperazine rings is 1. The van der Waals surface area contributed by atoms with Crippen LogP contribution in [0.2, 0.25) is 0 Å². The first kappa shape index (κ1) is 15.3. The van der Waals surface area contributed by atoms with Crippen LogP contribution in [0.3, 0.4) is 0 Å². The van der Waals surface area contributed by atoms with Crippen LogP contribution < -0.4 is 0 Å². The molecule has 2 aromatic rings. The lowest BCUT2D eigenvalue weighted by Crippen LogP contribution is -2.49. The topological polar surface area (TPSA) is 54.5 Å². The zero-order valence-electron chi connectivity index (χ0n) is 12.5. The number of hydrogen-bond acceptors (Lipinski definition) is 4. The first-order valence-electron chi connectivity index (χ1n) is 7.36. The van der Waals surface area contributed by atoms with Crippen molar-refractivity contribution in [3.05, 3.63) is 41.0 Å². The Balaban J connectivity index is 1.53. The molecule has 2 aromatic heterocycles. The van der Waals surface area contributed by atoms with E-state index in [-0.39, 0.29) is 11.9 Å². The highest BCUT2D eigenvalue weighted by Gasteiger charge is 2.26. The molecular formula is C15H19BrN4O2. The van der Waals surface area contributed by atoms with Crippen molar-refractivity contribution in [2.75, 3.05) is 26.2 Å². The van der Waals surface area contributed by atoms with E-state index in [4.69, 9.17) is 4.42 Å². The van der Waals surface area contributed by atoms with Crippen molar-refractivity contribution < 1.29 is 9.21 Å². The van der Waals surface area contributed by atoms with Gasteiger partial charge in [0.15, 0.2) is 0 Å². The summed E-state index contributed by atoms with van der Waals surface area (Å²) < 4.78 is 7.95. The van der Waals surface area contributed by atoms with Gasteiger partial charge in [-0.05, 0) is 35.0 Å². The average Bonchev–Trinajstić information content (AvgIpc) is 3.18. The minimum Gasteiger partial charge on any atom is -0.468 e. The third-order valence-electron chi connectivity index (χ3n) is 3.97. The van der Waals surface area contributed by atoms with E-state index in [2.05, 4.69) is 25.9 Å². The highest BCUT2D eigenvalue weighted by atomic mass is 79.9. The Morgan fingerprint density at radius 2 is 2.18 bits per heavy atom. The normalized spacial score (nSPS) is 17.6. The maximum atomic E-state index is 12.5. The third-order valence-corrected chi connectivity index (χ3v) is 4.38. The van der Waals surface area contributed by atoms with Gasteiger partial charge in [0.25, 0.3) is 0 Å². The van der Waals surface area contributed by atoms with Crippen molar-refractivity contribution in [2.45, 2.75) is 19.5 Å². The SMILES string of the molecule is CC(C(=O)N1CCN(Cc2ccco2)CC1)n1cc(Br)cn1. The van der Waals surface area contributed by atoms with Gasteiger partial charge in [0.2, 0.25) is 5.91 Å². The maximum absolute atomic E-state index is 12.5. The van der Waals surface area contributed by atoms with Gasteiger partial charge in [-0.15, -0.1) is 0 Å². The molecule has 1 atom stereocenters. The number of aromatic nitrogens is 2. The minimum atomic E-state index is -0.275. The molecule has 0 aromatic carbocycles. The molecule has 0 bridgehead atoms. The second-order valence-corrected chi connectivity index (χ2v) is 6.41. The lowest BCUT2D eigenvalue weighted by Gasteiger charge is -2.35. The van der Waals surface area contributed by atoms with E-state index in [1.807, 2.05) is 30.2 Å². The summed E-state index contributed by atoms with van der Waals surface area (Å²) in [5.74, 6) is 1.09. The third kappa shape index (κ3) is 3.41. The summed E-state index contributed by atoms with van der Waals surface area (Å²) >= 11 is 3.36. The molecule has 0 spiro atoms. The van der Waals surface area contributed by atoms with Gasteiger partial charge in [-0.25, -0.2) is 0 Å². The smallest absolute Gasteiger partial charge is 0.247 e. The van der Waals surface area contributed by atoms with Gasteiger partial charge in [0.1, 0.15) is 11.8 Å². The van der Waals surface area contributed by atoms with Crippen LogP contribution in [0.25, 0.3) is 0 Å². The Bertz CT molecular complexity index is 617. The van der Waals surface area contributed by atoms with E-state index < -0.39 is 0 Å². The Hall–Kier alpha value is -1.60. The number of carbonyl (C=O) groups is 1. The molecule has 1 amide bonds. The number of amides is 1. The standard InChI is InChI=1S/C15H19BrN4O2/c1-12(20-10-13(16)9-17-20)15(21)19-6-4-18(5-7-19)11-14-3-2-8-22-14/h2-3,8-10,12H,4-7,11H2,1H3. The molecule has 22 heavy (non-hydrogen) atoms. The lowest BCUT2D eigenvalue weighted by atomic mass is 10.2. The van der Waals surface area contributed by atoms with Crippen LogP contribution in [0.15, 0.2) is 39.7 Å². The maximum Gasteiger partial charge on any atom is 0.247 e. The van der Waals surface area contributed by atoms with Crippen molar-refractivity contribution >= 4 is 21.8 Å². The summed E-state index contributed by atoms with van der Waals surface area (Å²) in [6.45, 7) is 5.90. The Morgan fingerprint density at radius 1 is 1.41 bits per heavy atom. The lowest BCUT2D eigenvalue weighted by molar-refractivity contribution is -0.136. The minimum absolute atomic E-state index is 0.119. The van der Waals surface area contributed by atoms with E-state index in [1.165, 1.54) is 0 Å². The van der Waals surface area contributed by atoms with E-state index in [9.17, 15) is 4.79 Å². The van der Waals surface area contributed by atoms with Gasteiger partial charge in [-0.2, -0.15) is 5.10 Å². The molecular weight excluding hydrogens is 348 g/mol. The van der Waals surface area contributed by atoms with Gasteiger partial charge >= 0.3 is 0 Å². The summed E-state index contributed by atoms with van der Waals surface area (Å²) in [6.07, 6.45) is 5.22. The van der Waals surface area contributed by atoms with E-state index in [0.717, 1.165) is 43.0 Å². The fourth-order valence-corrected chi connectivity index (χ4v) is 2.95. The fourth-order valence-electron chi connectivity index (χ4n) is 2.65. The molecule has 0 N–H and O–H groups in total. The molecule has 6 nitrogen and oxygen atoms in total. The molecule has 7 heteroatoms. The summed E-state index contributed by atoms with van der Waals surface area (Å²) in [5, 5.41) is 4.20. The van der Waals surface area contributed by atoms with E-state index in [0.29, 0.717) is 0 Å². The van der Waals surface area contributed by atoms with Gasteiger partial charge in [-0.1, -0.05) is 0 Å². The molecule has 0 radical (unpaired) electrons. The van der Waals surface area contributed by atoms with Crippen molar-refractivity contribution in [2.24, 2.45) is 0 Å². The molecule has 1 aliphatic heterocycles. The second kappa shape index (κ2) is 6.66. The molecule has 1 aliphatic rings. The molecule has 1 saturated heterocycles. The Morgan fingerprint density at radius 3 is 2.77 bits per heavy atom. The van der Waals surface area contributed by atoms with Gasteiger partial charge in [0.05, 0.1) is 23.5 Å². The Kier molecular flexibility index (Phi) is 4.63. The molecule has 3 heterocycles. The highest BCUT2D eigenvalue weighted by Crippen LogP contribution is 2.16. The summed E-state index contributed by atoms with van der Waals surface area (Å²) in [5.41, 5.74) is 0. The largest absolute Gasteiger partial charge is 0.468 e. The van der Waals surface area contributed by atoms with Crippen molar-refractivity contribution in [1.82, 2.24) is 19.6 Å². The molecule has 3 rings (SSSR count). The predicted molar refractivity (Wildman–Crippen MR) is 85.2 cm³/mol. The average molecular weight is 367 g/mol. The molecule has 0 aliphatic carbocycles.